The average molecular weight is 265 g/mol. The van der Waals surface area contributed by atoms with Crippen molar-refractivity contribution < 1.29 is 26.8 Å². The summed E-state index contributed by atoms with van der Waals surface area (Å²) in [5.41, 5.74) is -0.786. The second kappa shape index (κ2) is 5.61. The van der Waals surface area contributed by atoms with Crippen molar-refractivity contribution in [1.82, 2.24) is 0 Å². The molecule has 1 aromatic carbocycles. The summed E-state index contributed by atoms with van der Waals surface area (Å²) in [4.78, 5) is 4.46. The van der Waals surface area contributed by atoms with Gasteiger partial charge in [0.1, 0.15) is 6.61 Å². The molecule has 1 aromatic rings. The van der Waals surface area contributed by atoms with E-state index in [2.05, 4.69) is 16.6 Å². The molecule has 0 aromatic heterocycles. The van der Waals surface area contributed by atoms with E-state index in [0.29, 0.717) is 5.71 Å². The second-order valence-corrected chi connectivity index (χ2v) is 3.26. The lowest BCUT2D eigenvalue weighted by Gasteiger charge is -2.07. The largest absolute Gasteiger partial charge is 0.390 e. The highest BCUT2D eigenvalue weighted by atomic mass is 19.2. The topological polar surface area (TPSA) is 21.6 Å². The van der Waals surface area contributed by atoms with Gasteiger partial charge in [-0.2, -0.15) is 0 Å². The molecular weight excluding hydrogens is 257 g/mol. The minimum Gasteiger partial charge on any atom is -0.390 e. The Labute approximate surface area is 99.4 Å². The first kappa shape index (κ1) is 14.1. The molecule has 0 atom stereocenters. The standard InChI is InChI=1S/C11H8F5NO/c1-3-5(2)17-18-4-6-7(12)9(14)11(16)10(15)8(6)13/h3H,1,4H2,2H3/b17-5-. The molecule has 2 nitrogen and oxygen atoms in total. The van der Waals surface area contributed by atoms with Gasteiger partial charge in [0, 0.05) is 0 Å². The minimum atomic E-state index is -2.21. The van der Waals surface area contributed by atoms with Crippen LogP contribution in [0.2, 0.25) is 0 Å². The van der Waals surface area contributed by atoms with E-state index >= 15 is 0 Å². The molecule has 0 saturated carbocycles. The molecule has 0 saturated heterocycles. The summed E-state index contributed by atoms with van der Waals surface area (Å²) in [7, 11) is 0. The number of benzene rings is 1. The molecule has 0 fully saturated rings. The van der Waals surface area contributed by atoms with Crippen LogP contribution < -0.4 is 0 Å². The van der Waals surface area contributed by atoms with Gasteiger partial charge in [-0.25, -0.2) is 22.0 Å². The van der Waals surface area contributed by atoms with E-state index in [9.17, 15) is 22.0 Å². The molecule has 0 aliphatic heterocycles. The Morgan fingerprint density at radius 2 is 1.50 bits per heavy atom. The highest BCUT2D eigenvalue weighted by molar-refractivity contribution is 5.91. The maximum atomic E-state index is 13.1. The first-order valence-electron chi connectivity index (χ1n) is 4.69. The molecule has 0 radical (unpaired) electrons. The predicted molar refractivity (Wildman–Crippen MR) is 54.3 cm³/mol. The number of hydrogen-bond acceptors (Lipinski definition) is 2. The van der Waals surface area contributed by atoms with Crippen molar-refractivity contribution in [1.29, 1.82) is 0 Å². The van der Waals surface area contributed by atoms with Crippen LogP contribution >= 0.6 is 0 Å². The van der Waals surface area contributed by atoms with Crippen LogP contribution in [0.15, 0.2) is 17.8 Å². The van der Waals surface area contributed by atoms with Crippen LogP contribution in [0.5, 0.6) is 0 Å². The van der Waals surface area contributed by atoms with Crippen molar-refractivity contribution >= 4 is 5.71 Å². The quantitative estimate of drug-likeness (QED) is 0.268. The highest BCUT2D eigenvalue weighted by Gasteiger charge is 2.25. The fourth-order valence-electron chi connectivity index (χ4n) is 1.01. The van der Waals surface area contributed by atoms with Crippen LogP contribution in [0, 0.1) is 29.1 Å². The van der Waals surface area contributed by atoms with Gasteiger partial charge in [-0.05, 0) is 13.0 Å². The lowest BCUT2D eigenvalue weighted by molar-refractivity contribution is 0.123. The van der Waals surface area contributed by atoms with Crippen molar-refractivity contribution in [2.75, 3.05) is 0 Å². The fourth-order valence-corrected chi connectivity index (χ4v) is 1.01. The van der Waals surface area contributed by atoms with Crippen LogP contribution in [0.1, 0.15) is 12.5 Å². The summed E-state index contributed by atoms with van der Waals surface area (Å²) in [6, 6.07) is 0. The van der Waals surface area contributed by atoms with E-state index in [-0.39, 0.29) is 0 Å². The number of nitrogens with zero attached hydrogens (tertiary/aromatic N) is 1. The number of hydrogen-bond donors (Lipinski definition) is 0. The summed E-state index contributed by atoms with van der Waals surface area (Å²) in [6.07, 6.45) is 1.29. The Balaban J connectivity index is 3.07. The van der Waals surface area contributed by atoms with E-state index in [1.807, 2.05) is 0 Å². The van der Waals surface area contributed by atoms with Crippen molar-refractivity contribution in [3.63, 3.8) is 0 Å². The smallest absolute Gasteiger partial charge is 0.200 e. The number of halogens is 5. The van der Waals surface area contributed by atoms with Gasteiger partial charge in [0.15, 0.2) is 23.3 Å². The number of rotatable bonds is 4. The molecule has 0 heterocycles. The van der Waals surface area contributed by atoms with Gasteiger partial charge < -0.3 is 4.84 Å². The minimum absolute atomic E-state index is 0.291. The van der Waals surface area contributed by atoms with Gasteiger partial charge in [0.25, 0.3) is 0 Å². The molecular formula is C11H8F5NO. The molecule has 18 heavy (non-hydrogen) atoms. The van der Waals surface area contributed by atoms with E-state index < -0.39 is 41.3 Å². The Morgan fingerprint density at radius 3 is 1.94 bits per heavy atom. The van der Waals surface area contributed by atoms with Crippen LogP contribution in [0.4, 0.5) is 22.0 Å². The molecule has 0 aliphatic rings. The van der Waals surface area contributed by atoms with E-state index in [1.54, 1.807) is 0 Å². The zero-order chi connectivity index (χ0) is 13.9. The summed E-state index contributed by atoms with van der Waals surface area (Å²) >= 11 is 0. The molecule has 98 valence electrons. The molecule has 0 bridgehead atoms. The van der Waals surface area contributed by atoms with Gasteiger partial charge in [0.2, 0.25) is 5.82 Å². The highest BCUT2D eigenvalue weighted by Crippen LogP contribution is 2.23. The summed E-state index contributed by atoms with van der Waals surface area (Å²) in [6.45, 7) is 3.93. The Hall–Kier alpha value is -1.92. The van der Waals surface area contributed by atoms with Crippen LogP contribution in [-0.4, -0.2) is 5.71 Å². The zero-order valence-corrected chi connectivity index (χ0v) is 9.24. The van der Waals surface area contributed by atoms with Crippen molar-refractivity contribution in [3.05, 3.63) is 47.3 Å². The molecule has 7 heteroatoms. The second-order valence-electron chi connectivity index (χ2n) is 3.26. The van der Waals surface area contributed by atoms with Gasteiger partial charge in [-0.15, -0.1) is 0 Å². The van der Waals surface area contributed by atoms with Gasteiger partial charge in [0.05, 0.1) is 11.3 Å². The van der Waals surface area contributed by atoms with Crippen molar-refractivity contribution in [3.8, 4) is 0 Å². The van der Waals surface area contributed by atoms with Gasteiger partial charge >= 0.3 is 0 Å². The molecule has 1 rings (SSSR count). The van der Waals surface area contributed by atoms with E-state index in [0.717, 1.165) is 0 Å². The van der Waals surface area contributed by atoms with Crippen LogP contribution in [0.3, 0.4) is 0 Å². The van der Waals surface area contributed by atoms with E-state index in [4.69, 9.17) is 0 Å². The fraction of sp³-hybridized carbons (Fsp3) is 0.182. The number of allylic oxidation sites excluding steroid dienone is 1. The van der Waals surface area contributed by atoms with Crippen molar-refractivity contribution in [2.45, 2.75) is 13.5 Å². The Bertz CT molecular complexity index is 484. The molecule has 0 unspecified atom stereocenters. The molecule has 0 spiro atoms. The molecule has 0 aliphatic carbocycles. The first-order chi connectivity index (χ1) is 8.40. The predicted octanol–water partition coefficient (Wildman–Crippen LogP) is 3.46. The lowest BCUT2D eigenvalue weighted by atomic mass is 10.2. The summed E-state index contributed by atoms with van der Waals surface area (Å²) < 4.78 is 64.5. The third-order valence-corrected chi connectivity index (χ3v) is 2.01. The molecule has 0 N–H and O–H groups in total. The van der Waals surface area contributed by atoms with Gasteiger partial charge in [-0.1, -0.05) is 11.7 Å². The Morgan fingerprint density at radius 1 is 1.06 bits per heavy atom. The van der Waals surface area contributed by atoms with Gasteiger partial charge in [-0.3, -0.25) is 0 Å². The lowest BCUT2D eigenvalue weighted by Crippen LogP contribution is -2.07. The Kier molecular flexibility index (Phi) is 4.41. The summed E-state index contributed by atoms with van der Waals surface area (Å²) in [5.74, 6) is -10.1. The summed E-state index contributed by atoms with van der Waals surface area (Å²) in [5, 5.41) is 3.33. The van der Waals surface area contributed by atoms with Crippen LogP contribution in [-0.2, 0) is 11.4 Å². The first-order valence-corrected chi connectivity index (χ1v) is 4.69. The number of oxime groups is 1. The maximum absolute atomic E-state index is 13.1. The monoisotopic (exact) mass is 265 g/mol. The van der Waals surface area contributed by atoms with Crippen molar-refractivity contribution in [2.24, 2.45) is 5.16 Å². The third kappa shape index (κ3) is 2.66. The third-order valence-electron chi connectivity index (χ3n) is 2.01. The van der Waals surface area contributed by atoms with E-state index in [1.165, 1.54) is 13.0 Å². The average Bonchev–Trinajstić information content (AvgIpc) is 2.37. The SMILES string of the molecule is C=C/C(C)=N\OCc1c(F)c(F)c(F)c(F)c1F. The van der Waals surface area contributed by atoms with Crippen LogP contribution in [0.25, 0.3) is 0 Å². The zero-order valence-electron chi connectivity index (χ0n) is 9.24. The normalized spacial score (nSPS) is 11.6. The molecule has 0 amide bonds. The maximum Gasteiger partial charge on any atom is 0.200 e.